The van der Waals surface area contributed by atoms with Gasteiger partial charge in [-0.15, -0.1) is 0 Å². The second-order valence-corrected chi connectivity index (χ2v) is 4.91. The van der Waals surface area contributed by atoms with E-state index in [0.29, 0.717) is 12.1 Å². The molecule has 0 spiro atoms. The van der Waals surface area contributed by atoms with Gasteiger partial charge in [0.25, 0.3) is 0 Å². The fourth-order valence-electron chi connectivity index (χ4n) is 2.37. The van der Waals surface area contributed by atoms with Crippen LogP contribution < -0.4 is 5.32 Å². The van der Waals surface area contributed by atoms with Crippen molar-refractivity contribution in [2.24, 2.45) is 5.92 Å². The first-order chi connectivity index (χ1) is 8.32. The fraction of sp³-hybridized carbons (Fsp3) is 0.538. The van der Waals surface area contributed by atoms with Crippen LogP contribution in [0.5, 0.6) is 0 Å². The molecule has 100 valence electrons. The molecular formula is C13H16F3NO. The maximum Gasteiger partial charge on any atom is 0.416 e. The van der Waals surface area contributed by atoms with E-state index in [9.17, 15) is 18.3 Å². The summed E-state index contributed by atoms with van der Waals surface area (Å²) >= 11 is 0. The van der Waals surface area contributed by atoms with Gasteiger partial charge in [-0.25, -0.2) is 0 Å². The molecule has 5 heteroatoms. The van der Waals surface area contributed by atoms with Crippen molar-refractivity contribution < 1.29 is 18.3 Å². The molecule has 1 aromatic carbocycles. The zero-order chi connectivity index (χ0) is 13.4. The van der Waals surface area contributed by atoms with Crippen LogP contribution in [-0.4, -0.2) is 18.2 Å². The smallest absolute Gasteiger partial charge is 0.385 e. The second-order valence-electron chi connectivity index (χ2n) is 4.91. The van der Waals surface area contributed by atoms with Crippen LogP contribution in [-0.2, 0) is 11.8 Å². The van der Waals surface area contributed by atoms with E-state index >= 15 is 0 Å². The first kappa shape index (κ1) is 13.4. The van der Waals surface area contributed by atoms with E-state index in [1.807, 2.05) is 0 Å². The van der Waals surface area contributed by atoms with Gasteiger partial charge in [0.2, 0.25) is 0 Å². The molecule has 2 atom stereocenters. The lowest BCUT2D eigenvalue weighted by Gasteiger charge is -2.30. The summed E-state index contributed by atoms with van der Waals surface area (Å²) in [5, 5.41) is 13.6. The zero-order valence-corrected chi connectivity index (χ0v) is 10.1. The summed E-state index contributed by atoms with van der Waals surface area (Å²) in [6, 6.07) is 4.76. The predicted molar refractivity (Wildman–Crippen MR) is 62.0 cm³/mol. The Labute approximate surface area is 104 Å². The number of hydrogen-bond donors (Lipinski definition) is 2. The van der Waals surface area contributed by atoms with Gasteiger partial charge in [-0.1, -0.05) is 12.1 Å². The quantitative estimate of drug-likeness (QED) is 0.855. The average molecular weight is 259 g/mol. The Bertz CT molecular complexity index is 405. The lowest BCUT2D eigenvalue weighted by Crippen LogP contribution is -2.33. The minimum Gasteiger partial charge on any atom is -0.385 e. The SMILES string of the molecule is C[C@](O)(c1ccc(C(F)(F)F)cc1)[C@@H]1CCNC1. The fourth-order valence-corrected chi connectivity index (χ4v) is 2.37. The van der Waals surface area contributed by atoms with E-state index in [0.717, 1.165) is 25.1 Å². The summed E-state index contributed by atoms with van der Waals surface area (Å²) in [7, 11) is 0. The standard InChI is InChI=1S/C13H16F3NO/c1-12(18,11-6-7-17-8-11)9-2-4-10(5-3-9)13(14,15)16/h2-5,11,17-18H,6-8H2,1H3/t11-,12+/m1/s1. The molecule has 1 aliphatic rings. The highest BCUT2D eigenvalue weighted by Gasteiger charge is 2.36. The summed E-state index contributed by atoms with van der Waals surface area (Å²) in [5.74, 6) is 0.0363. The Morgan fingerprint density at radius 3 is 2.17 bits per heavy atom. The highest BCUT2D eigenvalue weighted by atomic mass is 19.4. The van der Waals surface area contributed by atoms with Crippen molar-refractivity contribution in [1.82, 2.24) is 5.32 Å². The molecular weight excluding hydrogens is 243 g/mol. The van der Waals surface area contributed by atoms with Crippen molar-refractivity contribution in [2.75, 3.05) is 13.1 Å². The van der Waals surface area contributed by atoms with Crippen LogP contribution in [0.25, 0.3) is 0 Å². The molecule has 0 saturated carbocycles. The third-order valence-electron chi connectivity index (χ3n) is 3.65. The lowest BCUT2D eigenvalue weighted by molar-refractivity contribution is -0.137. The van der Waals surface area contributed by atoms with Gasteiger partial charge in [0, 0.05) is 12.5 Å². The molecule has 0 amide bonds. The third kappa shape index (κ3) is 2.52. The predicted octanol–water partition coefficient (Wildman–Crippen LogP) is 2.52. The van der Waals surface area contributed by atoms with Crippen LogP contribution in [0.15, 0.2) is 24.3 Å². The van der Waals surface area contributed by atoms with Gasteiger partial charge in [-0.05, 0) is 37.6 Å². The second kappa shape index (κ2) is 4.55. The summed E-state index contributed by atoms with van der Waals surface area (Å²) in [5.41, 5.74) is -1.25. The van der Waals surface area contributed by atoms with Gasteiger partial charge >= 0.3 is 6.18 Å². The van der Waals surface area contributed by atoms with E-state index in [1.165, 1.54) is 12.1 Å². The largest absolute Gasteiger partial charge is 0.416 e. The molecule has 1 fully saturated rings. The Balaban J connectivity index is 2.23. The molecule has 0 aromatic heterocycles. The van der Waals surface area contributed by atoms with Crippen LogP contribution in [0.2, 0.25) is 0 Å². The number of nitrogens with one attached hydrogen (secondary N) is 1. The van der Waals surface area contributed by atoms with E-state index in [4.69, 9.17) is 0 Å². The van der Waals surface area contributed by atoms with Crippen molar-refractivity contribution in [1.29, 1.82) is 0 Å². The number of rotatable bonds is 2. The minimum absolute atomic E-state index is 0.0363. The van der Waals surface area contributed by atoms with Gasteiger partial charge in [0.15, 0.2) is 0 Å². The highest BCUT2D eigenvalue weighted by Crippen LogP contribution is 2.35. The lowest BCUT2D eigenvalue weighted by atomic mass is 9.82. The Morgan fingerprint density at radius 1 is 1.17 bits per heavy atom. The maximum absolute atomic E-state index is 12.4. The summed E-state index contributed by atoms with van der Waals surface area (Å²) in [6.07, 6.45) is -3.51. The molecule has 1 aromatic rings. The monoisotopic (exact) mass is 259 g/mol. The number of hydrogen-bond acceptors (Lipinski definition) is 2. The Morgan fingerprint density at radius 2 is 1.72 bits per heavy atom. The molecule has 1 aliphatic heterocycles. The van der Waals surface area contributed by atoms with Gasteiger partial charge in [0.05, 0.1) is 11.2 Å². The minimum atomic E-state index is -4.33. The molecule has 0 unspecified atom stereocenters. The van der Waals surface area contributed by atoms with Crippen molar-refractivity contribution in [2.45, 2.75) is 25.1 Å². The molecule has 1 saturated heterocycles. The van der Waals surface area contributed by atoms with Crippen molar-refractivity contribution in [3.63, 3.8) is 0 Å². The van der Waals surface area contributed by atoms with E-state index in [2.05, 4.69) is 5.32 Å². The molecule has 2 N–H and O–H groups in total. The van der Waals surface area contributed by atoms with Crippen LogP contribution in [0.4, 0.5) is 13.2 Å². The third-order valence-corrected chi connectivity index (χ3v) is 3.65. The first-order valence-corrected chi connectivity index (χ1v) is 5.92. The van der Waals surface area contributed by atoms with Crippen LogP contribution in [0.1, 0.15) is 24.5 Å². The zero-order valence-electron chi connectivity index (χ0n) is 10.1. The molecule has 18 heavy (non-hydrogen) atoms. The molecule has 0 aliphatic carbocycles. The van der Waals surface area contributed by atoms with Crippen LogP contribution in [0.3, 0.4) is 0 Å². The van der Waals surface area contributed by atoms with Crippen molar-refractivity contribution in [3.05, 3.63) is 35.4 Å². The number of halogens is 3. The average Bonchev–Trinajstić information content (AvgIpc) is 2.82. The maximum atomic E-state index is 12.4. The summed E-state index contributed by atoms with van der Waals surface area (Å²) in [4.78, 5) is 0. The first-order valence-electron chi connectivity index (χ1n) is 5.92. The number of benzene rings is 1. The molecule has 1 heterocycles. The van der Waals surface area contributed by atoms with Crippen molar-refractivity contribution >= 4 is 0 Å². The van der Waals surface area contributed by atoms with Gasteiger partial charge in [-0.2, -0.15) is 13.2 Å². The van der Waals surface area contributed by atoms with E-state index in [1.54, 1.807) is 6.92 Å². The number of aliphatic hydroxyl groups is 1. The highest BCUT2D eigenvalue weighted by molar-refractivity contribution is 5.29. The Hall–Kier alpha value is -1.07. The van der Waals surface area contributed by atoms with E-state index in [-0.39, 0.29) is 5.92 Å². The summed E-state index contributed by atoms with van der Waals surface area (Å²) < 4.78 is 37.3. The molecule has 0 radical (unpaired) electrons. The van der Waals surface area contributed by atoms with Crippen molar-refractivity contribution in [3.8, 4) is 0 Å². The van der Waals surface area contributed by atoms with Gasteiger partial charge < -0.3 is 10.4 Å². The number of alkyl halides is 3. The van der Waals surface area contributed by atoms with Gasteiger partial charge in [0.1, 0.15) is 0 Å². The summed E-state index contributed by atoms with van der Waals surface area (Å²) in [6.45, 7) is 3.18. The topological polar surface area (TPSA) is 32.3 Å². The Kier molecular flexibility index (Phi) is 3.38. The van der Waals surface area contributed by atoms with Gasteiger partial charge in [-0.3, -0.25) is 0 Å². The van der Waals surface area contributed by atoms with Crippen LogP contribution >= 0.6 is 0 Å². The van der Waals surface area contributed by atoms with Crippen LogP contribution in [0, 0.1) is 5.92 Å². The molecule has 0 bridgehead atoms. The van der Waals surface area contributed by atoms with E-state index < -0.39 is 17.3 Å². The molecule has 2 nitrogen and oxygen atoms in total. The normalized spacial score (nSPS) is 23.9. The molecule has 2 rings (SSSR count).